The average molecular weight is 348 g/mol. The first-order valence-electron chi connectivity index (χ1n) is 7.50. The first-order valence-corrected chi connectivity index (χ1v) is 8.94. The molecule has 24 heavy (non-hydrogen) atoms. The van der Waals surface area contributed by atoms with Crippen molar-refractivity contribution in [1.82, 2.24) is 4.31 Å². The van der Waals surface area contributed by atoms with Crippen LogP contribution in [0.15, 0.2) is 47.4 Å². The van der Waals surface area contributed by atoms with Crippen molar-refractivity contribution < 1.29 is 17.6 Å². The van der Waals surface area contributed by atoms with Crippen LogP contribution in [0.5, 0.6) is 0 Å². The molecule has 0 atom stereocenters. The van der Waals surface area contributed by atoms with Crippen molar-refractivity contribution in [2.24, 2.45) is 0 Å². The number of aryl methyl sites for hydroxylation is 1. The molecule has 0 bridgehead atoms. The van der Waals surface area contributed by atoms with E-state index in [9.17, 15) is 17.6 Å². The molecule has 0 aliphatic carbocycles. The molecule has 1 aliphatic rings. The molecule has 0 saturated carbocycles. The van der Waals surface area contributed by atoms with Gasteiger partial charge >= 0.3 is 0 Å². The van der Waals surface area contributed by atoms with E-state index in [4.69, 9.17) is 0 Å². The van der Waals surface area contributed by atoms with E-state index in [1.807, 2.05) is 0 Å². The maximum atomic E-state index is 12.9. The maximum Gasteiger partial charge on any atom is 0.243 e. The van der Waals surface area contributed by atoms with Crippen LogP contribution in [0, 0.1) is 5.82 Å². The molecule has 2 aromatic rings. The summed E-state index contributed by atoms with van der Waals surface area (Å²) in [5, 5.41) is 2.73. The lowest BCUT2D eigenvalue weighted by molar-refractivity contribution is -0.116. The molecule has 1 N–H and O–H groups in total. The number of carbonyl (C=O) groups excluding carboxylic acids is 1. The molecule has 126 valence electrons. The number of fused-ring (bicyclic) bond motifs is 1. The van der Waals surface area contributed by atoms with Crippen LogP contribution in [0.3, 0.4) is 0 Å². The Kier molecular flexibility index (Phi) is 4.38. The van der Waals surface area contributed by atoms with E-state index < -0.39 is 10.0 Å². The number of nitrogens with zero attached hydrogens (tertiary/aromatic N) is 1. The van der Waals surface area contributed by atoms with Gasteiger partial charge in [-0.3, -0.25) is 4.79 Å². The highest BCUT2D eigenvalue weighted by molar-refractivity contribution is 7.89. The smallest absolute Gasteiger partial charge is 0.243 e. The Balaban J connectivity index is 1.84. The van der Waals surface area contributed by atoms with Crippen LogP contribution in [-0.2, 0) is 27.8 Å². The summed E-state index contributed by atoms with van der Waals surface area (Å²) in [6, 6.07) is 10.4. The van der Waals surface area contributed by atoms with Crippen LogP contribution in [0.25, 0.3) is 0 Å². The lowest BCUT2D eigenvalue weighted by Gasteiger charge is -2.20. The van der Waals surface area contributed by atoms with Gasteiger partial charge in [0.25, 0.3) is 0 Å². The lowest BCUT2D eigenvalue weighted by Crippen LogP contribution is -2.27. The van der Waals surface area contributed by atoms with Gasteiger partial charge < -0.3 is 5.32 Å². The highest BCUT2D eigenvalue weighted by Gasteiger charge is 2.23. The van der Waals surface area contributed by atoms with Gasteiger partial charge in [-0.15, -0.1) is 0 Å². The zero-order chi connectivity index (χ0) is 17.3. The van der Waals surface area contributed by atoms with E-state index in [2.05, 4.69) is 5.32 Å². The first-order chi connectivity index (χ1) is 11.4. The Morgan fingerprint density at radius 3 is 2.54 bits per heavy atom. The number of anilines is 1. The molecule has 1 heterocycles. The molecule has 0 aromatic heterocycles. The molecule has 7 heteroatoms. The van der Waals surface area contributed by atoms with Crippen LogP contribution < -0.4 is 5.32 Å². The average Bonchev–Trinajstić information content (AvgIpc) is 2.56. The predicted molar refractivity (Wildman–Crippen MR) is 88.4 cm³/mol. The number of benzene rings is 2. The minimum Gasteiger partial charge on any atom is -0.326 e. The van der Waals surface area contributed by atoms with Crippen LogP contribution >= 0.6 is 0 Å². The highest BCUT2D eigenvalue weighted by Crippen LogP contribution is 2.27. The largest absolute Gasteiger partial charge is 0.326 e. The van der Waals surface area contributed by atoms with E-state index in [1.54, 1.807) is 24.3 Å². The van der Waals surface area contributed by atoms with E-state index in [1.165, 1.54) is 29.6 Å². The van der Waals surface area contributed by atoms with Gasteiger partial charge in [0.1, 0.15) is 5.82 Å². The molecule has 0 unspecified atom stereocenters. The Hall–Kier alpha value is -2.25. The van der Waals surface area contributed by atoms with Crippen molar-refractivity contribution in [1.29, 1.82) is 0 Å². The number of hydrogen-bond donors (Lipinski definition) is 1. The number of rotatable bonds is 4. The quantitative estimate of drug-likeness (QED) is 0.923. The molecule has 0 radical (unpaired) electrons. The minimum absolute atomic E-state index is 0.0634. The van der Waals surface area contributed by atoms with Gasteiger partial charge in [0.2, 0.25) is 15.9 Å². The highest BCUT2D eigenvalue weighted by atomic mass is 32.2. The third kappa shape index (κ3) is 3.32. The van der Waals surface area contributed by atoms with Gasteiger partial charge in [-0.05, 0) is 47.9 Å². The van der Waals surface area contributed by atoms with Crippen molar-refractivity contribution in [3.8, 4) is 0 Å². The Labute approximate surface area is 140 Å². The van der Waals surface area contributed by atoms with Gasteiger partial charge in [0.05, 0.1) is 4.90 Å². The van der Waals surface area contributed by atoms with Crippen molar-refractivity contribution >= 4 is 21.6 Å². The molecular formula is C17H17FN2O3S. The summed E-state index contributed by atoms with van der Waals surface area (Å²) >= 11 is 0. The molecule has 3 rings (SSSR count). The molecule has 2 aromatic carbocycles. The fraction of sp³-hybridized carbons (Fsp3) is 0.235. The number of hydrogen-bond acceptors (Lipinski definition) is 3. The number of nitrogens with one attached hydrogen (secondary N) is 1. The Bertz CT molecular complexity index is 879. The fourth-order valence-electron chi connectivity index (χ4n) is 2.63. The summed E-state index contributed by atoms with van der Waals surface area (Å²) in [6.45, 7) is 0.149. The van der Waals surface area contributed by atoms with Crippen molar-refractivity contribution in [2.75, 3.05) is 12.4 Å². The molecule has 0 spiro atoms. The summed E-state index contributed by atoms with van der Waals surface area (Å²) < 4.78 is 39.6. The Morgan fingerprint density at radius 1 is 1.12 bits per heavy atom. The molecule has 0 saturated heterocycles. The van der Waals surface area contributed by atoms with Crippen LogP contribution in [0.2, 0.25) is 0 Å². The van der Waals surface area contributed by atoms with Crippen molar-refractivity contribution in [3.63, 3.8) is 0 Å². The molecular weight excluding hydrogens is 331 g/mol. The van der Waals surface area contributed by atoms with Crippen molar-refractivity contribution in [3.05, 3.63) is 59.4 Å². The maximum absolute atomic E-state index is 12.9. The first kappa shape index (κ1) is 16.6. The zero-order valence-corrected chi connectivity index (χ0v) is 13.9. The number of carbonyl (C=O) groups is 1. The third-order valence-corrected chi connectivity index (χ3v) is 5.80. The topological polar surface area (TPSA) is 66.5 Å². The van der Waals surface area contributed by atoms with Crippen LogP contribution in [-0.4, -0.2) is 25.7 Å². The normalized spacial score (nSPS) is 14.4. The minimum atomic E-state index is -3.67. The molecule has 1 amide bonds. The van der Waals surface area contributed by atoms with E-state index in [-0.39, 0.29) is 23.2 Å². The summed E-state index contributed by atoms with van der Waals surface area (Å²) in [4.78, 5) is 11.6. The predicted octanol–water partition coefficient (Wildman–Crippen LogP) is 2.53. The van der Waals surface area contributed by atoms with Gasteiger partial charge in [-0.25, -0.2) is 12.8 Å². The summed E-state index contributed by atoms with van der Waals surface area (Å²) in [6.07, 6.45) is 0.869. The second kappa shape index (κ2) is 6.33. The summed E-state index contributed by atoms with van der Waals surface area (Å²) in [5.74, 6) is -0.424. The zero-order valence-electron chi connectivity index (χ0n) is 13.1. The number of sulfonamides is 1. The van der Waals surface area contributed by atoms with Gasteiger partial charge in [-0.1, -0.05) is 12.1 Å². The van der Waals surface area contributed by atoms with Gasteiger partial charge in [0.15, 0.2) is 0 Å². The third-order valence-electron chi connectivity index (χ3n) is 4.00. The second-order valence-electron chi connectivity index (χ2n) is 5.75. The Morgan fingerprint density at radius 2 is 1.83 bits per heavy atom. The van der Waals surface area contributed by atoms with Crippen LogP contribution in [0.1, 0.15) is 17.5 Å². The van der Waals surface area contributed by atoms with Gasteiger partial charge in [-0.2, -0.15) is 4.31 Å². The lowest BCUT2D eigenvalue weighted by atomic mass is 10.0. The van der Waals surface area contributed by atoms with Crippen LogP contribution in [0.4, 0.5) is 10.1 Å². The van der Waals surface area contributed by atoms with E-state index in [0.717, 1.165) is 5.56 Å². The molecule has 5 nitrogen and oxygen atoms in total. The van der Waals surface area contributed by atoms with E-state index >= 15 is 0 Å². The molecule has 0 fully saturated rings. The SMILES string of the molecule is CN(Cc1ccc(F)cc1)S(=O)(=O)c1ccc2c(c1)CCC(=O)N2. The second-order valence-corrected chi connectivity index (χ2v) is 7.80. The fourth-order valence-corrected chi connectivity index (χ4v) is 3.84. The molecule has 1 aliphatic heterocycles. The number of halogens is 1. The number of amides is 1. The summed E-state index contributed by atoms with van der Waals surface area (Å²) in [7, 11) is -2.18. The van der Waals surface area contributed by atoms with Gasteiger partial charge in [0, 0.05) is 25.7 Å². The van der Waals surface area contributed by atoms with Crippen molar-refractivity contribution in [2.45, 2.75) is 24.3 Å². The standard InChI is InChI=1S/C17H17FN2O3S/c1-20(11-12-2-5-14(18)6-3-12)24(22,23)15-7-8-16-13(10-15)4-9-17(21)19-16/h2-3,5-8,10H,4,9,11H2,1H3,(H,19,21). The summed E-state index contributed by atoms with van der Waals surface area (Å²) in [5.41, 5.74) is 2.17. The van der Waals surface area contributed by atoms with E-state index in [0.29, 0.717) is 24.1 Å². The monoisotopic (exact) mass is 348 g/mol.